The fourth-order valence-corrected chi connectivity index (χ4v) is 3.31. The molecule has 0 saturated heterocycles. The van der Waals surface area contributed by atoms with Crippen molar-refractivity contribution in [1.29, 1.82) is 0 Å². The smallest absolute Gasteiger partial charge is 0.279 e. The lowest BCUT2D eigenvalue weighted by Crippen LogP contribution is -2.48. The van der Waals surface area contributed by atoms with Gasteiger partial charge in [-0.1, -0.05) is 39.0 Å². The van der Waals surface area contributed by atoms with E-state index in [4.69, 9.17) is 9.47 Å². The van der Waals surface area contributed by atoms with Crippen LogP contribution in [-0.2, 0) is 4.79 Å². The number of hydrogen-bond acceptors (Lipinski definition) is 4. The molecular formula is C22H27BrN2O4. The van der Waals surface area contributed by atoms with E-state index in [1.807, 2.05) is 31.2 Å². The van der Waals surface area contributed by atoms with E-state index in [0.717, 1.165) is 12.0 Å². The van der Waals surface area contributed by atoms with E-state index in [9.17, 15) is 9.59 Å². The van der Waals surface area contributed by atoms with Crippen molar-refractivity contribution in [3.63, 3.8) is 0 Å². The lowest BCUT2D eigenvalue weighted by molar-refractivity contribution is -0.128. The molecule has 0 aliphatic rings. The number of benzene rings is 2. The molecule has 2 rings (SSSR count). The van der Waals surface area contributed by atoms with E-state index < -0.39 is 17.9 Å². The van der Waals surface area contributed by atoms with Crippen molar-refractivity contribution in [3.8, 4) is 11.5 Å². The summed E-state index contributed by atoms with van der Waals surface area (Å²) in [6, 6.07) is 12.6. The van der Waals surface area contributed by atoms with Crippen LogP contribution in [0.4, 0.5) is 0 Å². The van der Waals surface area contributed by atoms with Gasteiger partial charge in [0.25, 0.3) is 11.8 Å². The molecule has 2 atom stereocenters. The number of ether oxygens (including phenoxy) is 2. The highest BCUT2D eigenvalue weighted by Crippen LogP contribution is 2.29. The minimum Gasteiger partial charge on any atom is -0.496 e. The van der Waals surface area contributed by atoms with E-state index in [1.165, 1.54) is 0 Å². The molecule has 0 spiro atoms. The third-order valence-corrected chi connectivity index (χ3v) is 5.33. The maximum atomic E-state index is 12.6. The van der Waals surface area contributed by atoms with Gasteiger partial charge in [-0.15, -0.1) is 0 Å². The summed E-state index contributed by atoms with van der Waals surface area (Å²) in [7, 11) is 1.55. The van der Waals surface area contributed by atoms with Crippen LogP contribution in [0.5, 0.6) is 11.5 Å². The summed E-state index contributed by atoms with van der Waals surface area (Å²) in [4.78, 5) is 24.9. The minimum absolute atomic E-state index is 0.319. The molecule has 2 N–H and O–H groups in total. The van der Waals surface area contributed by atoms with Gasteiger partial charge in [0.1, 0.15) is 11.5 Å². The van der Waals surface area contributed by atoms with Crippen LogP contribution in [0.2, 0.25) is 0 Å². The zero-order chi connectivity index (χ0) is 21.4. The number of carbonyl (C=O) groups excluding carboxylic acids is 2. The molecule has 0 heterocycles. The van der Waals surface area contributed by atoms with Crippen LogP contribution >= 0.6 is 15.9 Å². The lowest BCUT2D eigenvalue weighted by Gasteiger charge is -2.21. The molecule has 0 saturated carbocycles. The van der Waals surface area contributed by atoms with Crippen molar-refractivity contribution in [2.24, 2.45) is 0 Å². The summed E-state index contributed by atoms with van der Waals surface area (Å²) >= 11 is 3.34. The minimum atomic E-state index is -0.719. The number of rotatable bonds is 8. The highest BCUT2D eigenvalue weighted by molar-refractivity contribution is 9.10. The van der Waals surface area contributed by atoms with Crippen LogP contribution in [0.3, 0.4) is 0 Å². The lowest BCUT2D eigenvalue weighted by atomic mass is 9.98. The van der Waals surface area contributed by atoms with Gasteiger partial charge in [0.15, 0.2) is 6.10 Å². The van der Waals surface area contributed by atoms with Crippen molar-refractivity contribution in [1.82, 2.24) is 10.9 Å². The average Bonchev–Trinajstić information content (AvgIpc) is 2.75. The van der Waals surface area contributed by atoms with Gasteiger partial charge in [-0.3, -0.25) is 20.4 Å². The monoisotopic (exact) mass is 462 g/mol. The summed E-state index contributed by atoms with van der Waals surface area (Å²) in [6.07, 6.45) is 0.713. The van der Waals surface area contributed by atoms with Crippen LogP contribution in [0, 0.1) is 0 Å². The summed E-state index contributed by atoms with van der Waals surface area (Å²) in [5, 5.41) is 0. The first-order chi connectivity index (χ1) is 13.9. The second-order valence-electron chi connectivity index (χ2n) is 6.65. The zero-order valence-electron chi connectivity index (χ0n) is 17.1. The van der Waals surface area contributed by atoms with Crippen molar-refractivity contribution >= 4 is 27.7 Å². The van der Waals surface area contributed by atoms with Gasteiger partial charge in [0.2, 0.25) is 0 Å². The number of carbonyl (C=O) groups is 2. The van der Waals surface area contributed by atoms with Gasteiger partial charge in [0, 0.05) is 5.56 Å². The van der Waals surface area contributed by atoms with Crippen LogP contribution in [0.15, 0.2) is 46.9 Å². The van der Waals surface area contributed by atoms with Gasteiger partial charge < -0.3 is 9.47 Å². The third-order valence-electron chi connectivity index (χ3n) is 4.71. The second-order valence-corrected chi connectivity index (χ2v) is 7.51. The van der Waals surface area contributed by atoms with Gasteiger partial charge in [-0.05, 0) is 64.5 Å². The molecule has 0 aliphatic carbocycles. The van der Waals surface area contributed by atoms with Crippen LogP contribution < -0.4 is 20.3 Å². The number of nitrogens with one attached hydrogen (secondary N) is 2. The fourth-order valence-electron chi connectivity index (χ4n) is 2.77. The highest BCUT2D eigenvalue weighted by atomic mass is 79.9. The van der Waals surface area contributed by atoms with E-state index in [1.54, 1.807) is 25.3 Å². The summed E-state index contributed by atoms with van der Waals surface area (Å²) < 4.78 is 11.8. The van der Waals surface area contributed by atoms with Gasteiger partial charge >= 0.3 is 0 Å². The van der Waals surface area contributed by atoms with E-state index in [0.29, 0.717) is 33.9 Å². The predicted molar refractivity (Wildman–Crippen MR) is 116 cm³/mol. The Morgan fingerprint density at radius 1 is 1.03 bits per heavy atom. The number of methoxy groups -OCH3 is 1. The molecule has 7 heteroatoms. The third kappa shape index (κ3) is 5.97. The average molecular weight is 463 g/mol. The largest absolute Gasteiger partial charge is 0.496 e. The molecule has 6 nitrogen and oxygen atoms in total. The van der Waals surface area contributed by atoms with Crippen molar-refractivity contribution in [2.45, 2.75) is 45.6 Å². The number of para-hydroxylation sites is 1. The molecule has 0 bridgehead atoms. The number of hydrogen-bond donors (Lipinski definition) is 2. The SMILES string of the molecule is CCC(Oc1ccccc1C(C)CC)C(=O)NNC(=O)c1ccc(OC)c(Br)c1. The van der Waals surface area contributed by atoms with Crippen LogP contribution in [0.1, 0.15) is 55.5 Å². The van der Waals surface area contributed by atoms with E-state index in [-0.39, 0.29) is 0 Å². The number of halogens is 1. The van der Waals surface area contributed by atoms with E-state index in [2.05, 4.69) is 40.6 Å². The zero-order valence-corrected chi connectivity index (χ0v) is 18.7. The van der Waals surface area contributed by atoms with Crippen LogP contribution in [0.25, 0.3) is 0 Å². The number of amides is 2. The Morgan fingerprint density at radius 3 is 2.38 bits per heavy atom. The number of hydrazine groups is 1. The normalized spacial score (nSPS) is 12.6. The van der Waals surface area contributed by atoms with Gasteiger partial charge in [-0.25, -0.2) is 0 Å². The van der Waals surface area contributed by atoms with Crippen molar-refractivity contribution in [3.05, 3.63) is 58.1 Å². The fraction of sp³-hybridized carbons (Fsp3) is 0.364. The highest BCUT2D eigenvalue weighted by Gasteiger charge is 2.21. The van der Waals surface area contributed by atoms with Crippen molar-refractivity contribution < 1.29 is 19.1 Å². The summed E-state index contributed by atoms with van der Waals surface area (Å²) in [5.41, 5.74) is 6.33. The first-order valence-electron chi connectivity index (χ1n) is 9.60. The molecule has 29 heavy (non-hydrogen) atoms. The first-order valence-corrected chi connectivity index (χ1v) is 10.4. The molecule has 0 aromatic heterocycles. The van der Waals surface area contributed by atoms with Crippen molar-refractivity contribution in [2.75, 3.05) is 7.11 Å². The Bertz CT molecular complexity index is 856. The molecule has 2 amide bonds. The molecule has 2 unspecified atom stereocenters. The Balaban J connectivity index is 2.02. The Hall–Kier alpha value is -2.54. The molecule has 0 radical (unpaired) electrons. The Kier molecular flexibility index (Phi) is 8.51. The maximum Gasteiger partial charge on any atom is 0.279 e. The van der Waals surface area contributed by atoms with Gasteiger partial charge in [-0.2, -0.15) is 0 Å². The molecule has 2 aromatic carbocycles. The topological polar surface area (TPSA) is 76.7 Å². The summed E-state index contributed by atoms with van der Waals surface area (Å²) in [6.45, 7) is 6.09. The molecule has 156 valence electrons. The maximum absolute atomic E-state index is 12.6. The standard InChI is InChI=1S/C22H27BrN2O4/c1-5-14(3)16-9-7-8-10-19(16)29-18(6-2)22(27)25-24-21(26)15-11-12-20(28-4)17(23)13-15/h7-14,18H,5-6H2,1-4H3,(H,24,26)(H,25,27). The van der Waals surface area contributed by atoms with E-state index >= 15 is 0 Å². The first kappa shape index (κ1) is 22.7. The Labute approximate surface area is 180 Å². The van der Waals surface area contributed by atoms with Gasteiger partial charge in [0.05, 0.1) is 11.6 Å². The summed E-state index contributed by atoms with van der Waals surface area (Å²) in [5.74, 6) is 0.781. The predicted octanol–water partition coefficient (Wildman–Crippen LogP) is 4.59. The molecule has 0 fully saturated rings. The molecule has 0 aliphatic heterocycles. The molecular weight excluding hydrogens is 436 g/mol. The van der Waals surface area contributed by atoms with Crippen LogP contribution in [-0.4, -0.2) is 25.0 Å². The Morgan fingerprint density at radius 2 is 1.76 bits per heavy atom. The second kappa shape index (κ2) is 10.9. The molecule has 2 aromatic rings. The quantitative estimate of drug-likeness (QED) is 0.562.